The molecule has 1 fully saturated rings. The number of rotatable bonds is 11. The van der Waals surface area contributed by atoms with Crippen molar-refractivity contribution in [2.75, 3.05) is 53.6 Å². The van der Waals surface area contributed by atoms with E-state index >= 15 is 0 Å². The Balaban J connectivity index is 2.36. The van der Waals surface area contributed by atoms with Crippen LogP contribution in [0.4, 0.5) is 0 Å². The number of hydrogen-bond donors (Lipinski definition) is 1. The average Bonchev–Trinajstić information content (AvgIpc) is 2.86. The fourth-order valence-electron chi connectivity index (χ4n) is 2.92. The van der Waals surface area contributed by atoms with Crippen LogP contribution in [0.5, 0.6) is 0 Å². The first kappa shape index (κ1) is 16.9. The molecular formula is C15H32N2O2. The molecule has 1 aliphatic rings. The van der Waals surface area contributed by atoms with Crippen LogP contribution in [0.2, 0.25) is 0 Å². The van der Waals surface area contributed by atoms with Gasteiger partial charge in [0, 0.05) is 39.9 Å². The molecule has 0 aliphatic heterocycles. The molecule has 0 spiro atoms. The van der Waals surface area contributed by atoms with Gasteiger partial charge in [-0.25, -0.2) is 0 Å². The molecule has 19 heavy (non-hydrogen) atoms. The van der Waals surface area contributed by atoms with Gasteiger partial charge in [-0.2, -0.15) is 0 Å². The van der Waals surface area contributed by atoms with Gasteiger partial charge in [-0.15, -0.1) is 0 Å². The van der Waals surface area contributed by atoms with Crippen molar-refractivity contribution in [1.29, 1.82) is 0 Å². The highest BCUT2D eigenvalue weighted by atomic mass is 16.5. The quantitative estimate of drug-likeness (QED) is 0.621. The molecule has 0 aromatic heterocycles. The molecule has 114 valence electrons. The minimum absolute atomic E-state index is 0.715. The van der Waals surface area contributed by atoms with Crippen molar-refractivity contribution in [3.63, 3.8) is 0 Å². The molecule has 1 saturated carbocycles. The molecule has 0 aromatic rings. The standard InChI is InChI=1S/C15H32N2O2/c1-4-8-16-15-7-5-6-14(15)13-17(9-11-18-2)10-12-19-3/h14-16H,4-13H2,1-3H3. The van der Waals surface area contributed by atoms with E-state index in [2.05, 4.69) is 17.1 Å². The highest BCUT2D eigenvalue weighted by Crippen LogP contribution is 2.26. The normalized spacial score (nSPS) is 23.4. The van der Waals surface area contributed by atoms with Gasteiger partial charge in [0.25, 0.3) is 0 Å². The van der Waals surface area contributed by atoms with Crippen LogP contribution in [-0.4, -0.2) is 64.6 Å². The summed E-state index contributed by atoms with van der Waals surface area (Å²) in [5, 5.41) is 3.71. The van der Waals surface area contributed by atoms with Crippen molar-refractivity contribution in [2.24, 2.45) is 5.92 Å². The first-order chi connectivity index (χ1) is 9.31. The van der Waals surface area contributed by atoms with Crippen molar-refractivity contribution in [2.45, 2.75) is 38.6 Å². The van der Waals surface area contributed by atoms with Crippen molar-refractivity contribution in [3.8, 4) is 0 Å². The van der Waals surface area contributed by atoms with Gasteiger partial charge in [-0.05, 0) is 31.7 Å². The van der Waals surface area contributed by atoms with E-state index in [1.165, 1.54) is 32.2 Å². The molecule has 2 atom stereocenters. The molecule has 4 nitrogen and oxygen atoms in total. The van der Waals surface area contributed by atoms with Crippen molar-refractivity contribution in [1.82, 2.24) is 10.2 Å². The Labute approximate surface area is 118 Å². The third kappa shape index (κ3) is 6.70. The third-order valence-corrected chi connectivity index (χ3v) is 4.03. The minimum Gasteiger partial charge on any atom is -0.383 e. The summed E-state index contributed by atoms with van der Waals surface area (Å²) >= 11 is 0. The third-order valence-electron chi connectivity index (χ3n) is 4.03. The fraction of sp³-hybridized carbons (Fsp3) is 1.00. The van der Waals surface area contributed by atoms with Crippen LogP contribution in [0.15, 0.2) is 0 Å². The predicted molar refractivity (Wildman–Crippen MR) is 79.6 cm³/mol. The summed E-state index contributed by atoms with van der Waals surface area (Å²) in [7, 11) is 3.55. The molecule has 0 radical (unpaired) electrons. The van der Waals surface area contributed by atoms with Gasteiger partial charge in [0.05, 0.1) is 13.2 Å². The van der Waals surface area contributed by atoms with Crippen LogP contribution < -0.4 is 5.32 Å². The molecule has 0 saturated heterocycles. The van der Waals surface area contributed by atoms with Crippen molar-refractivity contribution in [3.05, 3.63) is 0 Å². The smallest absolute Gasteiger partial charge is 0.0589 e. The van der Waals surface area contributed by atoms with Crippen molar-refractivity contribution < 1.29 is 9.47 Å². The first-order valence-corrected chi connectivity index (χ1v) is 7.75. The van der Waals surface area contributed by atoms with Crippen molar-refractivity contribution >= 4 is 0 Å². The summed E-state index contributed by atoms with van der Waals surface area (Å²) in [6.07, 6.45) is 5.29. The lowest BCUT2D eigenvalue weighted by Crippen LogP contribution is -2.41. The van der Waals surface area contributed by atoms with E-state index in [0.29, 0.717) is 6.04 Å². The lowest BCUT2D eigenvalue weighted by molar-refractivity contribution is 0.101. The summed E-state index contributed by atoms with van der Waals surface area (Å²) in [6, 6.07) is 0.715. The molecule has 4 heteroatoms. The van der Waals surface area contributed by atoms with E-state index in [9.17, 15) is 0 Å². The number of methoxy groups -OCH3 is 2. The second-order valence-corrected chi connectivity index (χ2v) is 5.54. The first-order valence-electron chi connectivity index (χ1n) is 7.75. The maximum absolute atomic E-state index is 5.21. The zero-order chi connectivity index (χ0) is 13.9. The summed E-state index contributed by atoms with van der Waals surface area (Å²) in [6.45, 7) is 8.20. The topological polar surface area (TPSA) is 33.7 Å². The Hall–Kier alpha value is -0.160. The summed E-state index contributed by atoms with van der Waals surface area (Å²) in [5.74, 6) is 0.792. The van der Waals surface area contributed by atoms with Crippen LogP contribution in [-0.2, 0) is 9.47 Å². The average molecular weight is 272 g/mol. The molecule has 0 heterocycles. The van der Waals surface area contributed by atoms with Gasteiger partial charge >= 0.3 is 0 Å². The predicted octanol–water partition coefficient (Wildman–Crippen LogP) is 1.75. The minimum atomic E-state index is 0.715. The van der Waals surface area contributed by atoms with Crippen LogP contribution in [0.1, 0.15) is 32.6 Å². The van der Waals surface area contributed by atoms with Gasteiger partial charge in [-0.1, -0.05) is 13.3 Å². The second-order valence-electron chi connectivity index (χ2n) is 5.54. The van der Waals surface area contributed by atoms with Gasteiger partial charge in [-0.3, -0.25) is 4.90 Å². The maximum Gasteiger partial charge on any atom is 0.0589 e. The maximum atomic E-state index is 5.21. The van der Waals surface area contributed by atoms with E-state index in [4.69, 9.17) is 9.47 Å². The summed E-state index contributed by atoms with van der Waals surface area (Å²) in [5.41, 5.74) is 0. The molecule has 0 aromatic carbocycles. The molecule has 2 unspecified atom stereocenters. The Morgan fingerprint density at radius 3 is 2.37 bits per heavy atom. The van der Waals surface area contributed by atoms with Crippen LogP contribution >= 0.6 is 0 Å². The number of nitrogens with zero attached hydrogens (tertiary/aromatic N) is 1. The SMILES string of the molecule is CCCNC1CCCC1CN(CCOC)CCOC. The van der Waals surface area contributed by atoms with Crippen LogP contribution in [0.25, 0.3) is 0 Å². The summed E-state index contributed by atoms with van der Waals surface area (Å²) in [4.78, 5) is 2.49. The molecule has 1 rings (SSSR count). The zero-order valence-corrected chi connectivity index (χ0v) is 13.0. The Bertz CT molecular complexity index is 206. The lowest BCUT2D eigenvalue weighted by Gasteiger charge is -2.28. The second kappa shape index (κ2) is 10.6. The molecule has 0 amide bonds. The Morgan fingerprint density at radius 2 is 1.79 bits per heavy atom. The number of nitrogens with one attached hydrogen (secondary N) is 1. The Morgan fingerprint density at radius 1 is 1.11 bits per heavy atom. The van der Waals surface area contributed by atoms with Gasteiger partial charge in [0.15, 0.2) is 0 Å². The number of hydrogen-bond acceptors (Lipinski definition) is 4. The molecular weight excluding hydrogens is 240 g/mol. The van der Waals surface area contributed by atoms with E-state index < -0.39 is 0 Å². The highest BCUT2D eigenvalue weighted by Gasteiger charge is 2.28. The largest absolute Gasteiger partial charge is 0.383 e. The summed E-state index contributed by atoms with van der Waals surface area (Å²) < 4.78 is 10.4. The van der Waals surface area contributed by atoms with E-state index in [0.717, 1.165) is 38.8 Å². The van der Waals surface area contributed by atoms with E-state index in [-0.39, 0.29) is 0 Å². The molecule has 1 aliphatic carbocycles. The van der Waals surface area contributed by atoms with Crippen LogP contribution in [0, 0.1) is 5.92 Å². The lowest BCUT2D eigenvalue weighted by atomic mass is 10.0. The molecule has 1 N–H and O–H groups in total. The van der Waals surface area contributed by atoms with Gasteiger partial charge in [0.2, 0.25) is 0 Å². The monoisotopic (exact) mass is 272 g/mol. The van der Waals surface area contributed by atoms with E-state index in [1.807, 2.05) is 0 Å². The van der Waals surface area contributed by atoms with Crippen LogP contribution in [0.3, 0.4) is 0 Å². The molecule has 0 bridgehead atoms. The highest BCUT2D eigenvalue weighted by molar-refractivity contribution is 4.85. The Kier molecular flexibility index (Phi) is 9.43. The number of ether oxygens (including phenoxy) is 2. The van der Waals surface area contributed by atoms with Gasteiger partial charge in [0.1, 0.15) is 0 Å². The van der Waals surface area contributed by atoms with E-state index in [1.54, 1.807) is 14.2 Å². The fourth-order valence-corrected chi connectivity index (χ4v) is 2.92. The van der Waals surface area contributed by atoms with Gasteiger partial charge < -0.3 is 14.8 Å². The zero-order valence-electron chi connectivity index (χ0n) is 13.0.